The molecule has 1 N–H and O–H groups in total. The molecule has 3 nitrogen and oxygen atoms in total. The zero-order valence-corrected chi connectivity index (χ0v) is 12.6. The molecule has 0 atom stereocenters. The Balaban J connectivity index is 2.43. The smallest absolute Gasteiger partial charge is 0.175 e. The maximum absolute atomic E-state index is 11.4. The lowest BCUT2D eigenvalue weighted by molar-refractivity contribution is 0.299. The normalized spacial score (nSPS) is 11.6. The van der Waals surface area contributed by atoms with Gasteiger partial charge < -0.3 is 5.11 Å². The molecule has 5 heteroatoms. The first-order valence-corrected chi connectivity index (χ1v) is 8.38. The molecule has 20 heavy (non-hydrogen) atoms. The largest absolute Gasteiger partial charge is 0.396 e. The van der Waals surface area contributed by atoms with Crippen molar-refractivity contribution in [2.24, 2.45) is 0 Å². The van der Waals surface area contributed by atoms with Crippen LogP contribution >= 0.6 is 11.6 Å². The minimum absolute atomic E-state index is 0.0775. The molecular weight excluding hydrogens is 296 g/mol. The summed E-state index contributed by atoms with van der Waals surface area (Å²) in [4.78, 5) is 0.281. The van der Waals surface area contributed by atoms with E-state index in [1.807, 2.05) is 12.1 Å². The number of aliphatic hydroxyl groups excluding tert-OH is 1. The number of hydrogen-bond donors (Lipinski definition) is 1. The molecule has 106 valence electrons. The summed E-state index contributed by atoms with van der Waals surface area (Å²) >= 11 is 6.18. The standard InChI is InChI=1S/C15H15ClO3S/c1-20(18,19)13-5-3-12(4-6-13)14-10-11(8-9-17)2-7-15(14)16/h2-7,10,17H,8-9H2,1H3. The first-order chi connectivity index (χ1) is 9.41. The molecule has 0 bridgehead atoms. The van der Waals surface area contributed by atoms with Gasteiger partial charge in [0.15, 0.2) is 9.84 Å². The van der Waals surface area contributed by atoms with Crippen LogP contribution in [-0.4, -0.2) is 26.4 Å². The Labute approximate surface area is 123 Å². The highest BCUT2D eigenvalue weighted by atomic mass is 35.5. The molecule has 0 radical (unpaired) electrons. The van der Waals surface area contributed by atoms with E-state index in [2.05, 4.69) is 0 Å². The van der Waals surface area contributed by atoms with E-state index >= 15 is 0 Å². The van der Waals surface area contributed by atoms with Gasteiger partial charge in [0, 0.05) is 23.4 Å². The predicted molar refractivity (Wildman–Crippen MR) is 80.8 cm³/mol. The Kier molecular flexibility index (Phi) is 4.48. The molecule has 0 aromatic heterocycles. The van der Waals surface area contributed by atoms with Gasteiger partial charge in [-0.3, -0.25) is 0 Å². The lowest BCUT2D eigenvalue weighted by Gasteiger charge is -2.08. The van der Waals surface area contributed by atoms with Crippen LogP contribution in [0.3, 0.4) is 0 Å². The Morgan fingerprint density at radius 2 is 1.75 bits per heavy atom. The van der Waals surface area contributed by atoms with Crippen molar-refractivity contribution >= 4 is 21.4 Å². The predicted octanol–water partition coefficient (Wildman–Crippen LogP) is 2.95. The lowest BCUT2D eigenvalue weighted by Crippen LogP contribution is -1.96. The van der Waals surface area contributed by atoms with Crippen LogP contribution in [0, 0.1) is 0 Å². The minimum atomic E-state index is -3.19. The van der Waals surface area contributed by atoms with Gasteiger partial charge in [0.1, 0.15) is 0 Å². The third-order valence-electron chi connectivity index (χ3n) is 3.02. The van der Waals surface area contributed by atoms with E-state index in [0.29, 0.717) is 11.4 Å². The Hall–Kier alpha value is -1.36. The number of rotatable bonds is 4. The molecule has 2 aromatic rings. The van der Waals surface area contributed by atoms with Gasteiger partial charge in [0.2, 0.25) is 0 Å². The third-order valence-corrected chi connectivity index (χ3v) is 4.48. The number of halogens is 1. The van der Waals surface area contributed by atoms with Crippen LogP contribution in [0.4, 0.5) is 0 Å². The monoisotopic (exact) mass is 310 g/mol. The van der Waals surface area contributed by atoms with Crippen LogP contribution < -0.4 is 0 Å². The van der Waals surface area contributed by atoms with E-state index in [1.165, 1.54) is 6.26 Å². The van der Waals surface area contributed by atoms with E-state index in [0.717, 1.165) is 16.7 Å². The fourth-order valence-electron chi connectivity index (χ4n) is 1.96. The number of benzene rings is 2. The molecule has 0 saturated heterocycles. The molecule has 0 fully saturated rings. The van der Waals surface area contributed by atoms with Crippen molar-refractivity contribution in [2.45, 2.75) is 11.3 Å². The second kappa shape index (κ2) is 5.95. The van der Waals surface area contributed by atoms with Gasteiger partial charge in [-0.2, -0.15) is 0 Å². The molecular formula is C15H15ClO3S. The van der Waals surface area contributed by atoms with Crippen molar-refractivity contribution in [3.05, 3.63) is 53.1 Å². The summed E-state index contributed by atoms with van der Waals surface area (Å²) in [6.45, 7) is 0.0775. The van der Waals surface area contributed by atoms with E-state index in [1.54, 1.807) is 30.3 Å². The molecule has 0 aliphatic carbocycles. The van der Waals surface area contributed by atoms with Crippen LogP contribution in [0.2, 0.25) is 5.02 Å². The fraction of sp³-hybridized carbons (Fsp3) is 0.200. The zero-order valence-electron chi connectivity index (χ0n) is 11.0. The minimum Gasteiger partial charge on any atom is -0.396 e. The second-order valence-corrected chi connectivity index (χ2v) is 7.01. The van der Waals surface area contributed by atoms with Gasteiger partial charge in [0.25, 0.3) is 0 Å². The maximum Gasteiger partial charge on any atom is 0.175 e. The van der Waals surface area contributed by atoms with Crippen LogP contribution in [0.1, 0.15) is 5.56 Å². The highest BCUT2D eigenvalue weighted by molar-refractivity contribution is 7.90. The van der Waals surface area contributed by atoms with Gasteiger partial charge in [-0.15, -0.1) is 0 Å². The summed E-state index contributed by atoms with van der Waals surface area (Å²) in [5.41, 5.74) is 2.67. The molecule has 2 rings (SSSR count). The third kappa shape index (κ3) is 3.39. The van der Waals surface area contributed by atoms with Crippen molar-refractivity contribution in [2.75, 3.05) is 12.9 Å². The SMILES string of the molecule is CS(=O)(=O)c1ccc(-c2cc(CCO)ccc2Cl)cc1. The number of aliphatic hydroxyl groups is 1. The van der Waals surface area contributed by atoms with Gasteiger partial charge >= 0.3 is 0 Å². The van der Waals surface area contributed by atoms with Gasteiger partial charge in [-0.05, 0) is 41.8 Å². The quantitative estimate of drug-likeness (QED) is 0.944. The average molecular weight is 311 g/mol. The maximum atomic E-state index is 11.4. The Morgan fingerprint density at radius 1 is 1.10 bits per heavy atom. The van der Waals surface area contributed by atoms with Crippen LogP contribution in [0.5, 0.6) is 0 Å². The van der Waals surface area contributed by atoms with E-state index in [9.17, 15) is 8.42 Å². The summed E-state index contributed by atoms with van der Waals surface area (Å²) in [5, 5.41) is 9.57. The summed E-state index contributed by atoms with van der Waals surface area (Å²) in [6, 6.07) is 12.2. The first-order valence-electron chi connectivity index (χ1n) is 6.11. The van der Waals surface area contributed by atoms with Crippen molar-refractivity contribution in [1.29, 1.82) is 0 Å². The highest BCUT2D eigenvalue weighted by Crippen LogP contribution is 2.29. The summed E-state index contributed by atoms with van der Waals surface area (Å²) in [7, 11) is -3.19. The molecule has 0 aliphatic rings. The molecule has 2 aromatic carbocycles. The van der Waals surface area contributed by atoms with E-state index in [4.69, 9.17) is 16.7 Å². The summed E-state index contributed by atoms with van der Waals surface area (Å²) in [6.07, 6.45) is 1.74. The molecule has 0 amide bonds. The second-order valence-electron chi connectivity index (χ2n) is 4.58. The van der Waals surface area contributed by atoms with Crippen molar-refractivity contribution in [3.8, 4) is 11.1 Å². The van der Waals surface area contributed by atoms with Crippen molar-refractivity contribution < 1.29 is 13.5 Å². The van der Waals surface area contributed by atoms with Crippen molar-refractivity contribution in [3.63, 3.8) is 0 Å². The molecule has 0 heterocycles. The van der Waals surface area contributed by atoms with Crippen LogP contribution in [-0.2, 0) is 16.3 Å². The topological polar surface area (TPSA) is 54.4 Å². The van der Waals surface area contributed by atoms with Gasteiger partial charge in [0.05, 0.1) is 4.90 Å². The Bertz CT molecular complexity index is 706. The molecule has 0 unspecified atom stereocenters. The number of sulfone groups is 1. The summed E-state index contributed by atoms with van der Waals surface area (Å²) in [5.74, 6) is 0. The van der Waals surface area contributed by atoms with Gasteiger partial charge in [-0.1, -0.05) is 29.8 Å². The Morgan fingerprint density at radius 3 is 2.30 bits per heavy atom. The van der Waals surface area contributed by atoms with E-state index < -0.39 is 9.84 Å². The molecule has 0 aliphatic heterocycles. The fourth-order valence-corrected chi connectivity index (χ4v) is 2.82. The highest BCUT2D eigenvalue weighted by Gasteiger charge is 2.09. The zero-order chi connectivity index (χ0) is 14.8. The van der Waals surface area contributed by atoms with Crippen LogP contribution in [0.15, 0.2) is 47.4 Å². The molecule has 0 spiro atoms. The van der Waals surface area contributed by atoms with Crippen LogP contribution in [0.25, 0.3) is 11.1 Å². The van der Waals surface area contributed by atoms with Gasteiger partial charge in [-0.25, -0.2) is 8.42 Å². The summed E-state index contributed by atoms with van der Waals surface area (Å²) < 4.78 is 22.9. The number of hydrogen-bond acceptors (Lipinski definition) is 3. The average Bonchev–Trinajstić information content (AvgIpc) is 2.40. The first kappa shape index (κ1) is 15.0. The van der Waals surface area contributed by atoms with E-state index in [-0.39, 0.29) is 11.5 Å². The lowest BCUT2D eigenvalue weighted by atomic mass is 10.0. The van der Waals surface area contributed by atoms with Crippen molar-refractivity contribution in [1.82, 2.24) is 0 Å². The molecule has 0 saturated carbocycles.